The number of nitrogens with two attached hydrogens (primary N) is 1. The van der Waals surface area contributed by atoms with Crippen LogP contribution in [0.4, 0.5) is 11.6 Å². The van der Waals surface area contributed by atoms with Gasteiger partial charge in [-0.2, -0.15) is 0 Å². The number of nitrogens with zero attached hydrogens (tertiary/aromatic N) is 6. The molecule has 3 aromatic heterocycles. The fourth-order valence-electron chi connectivity index (χ4n) is 5.68. The summed E-state index contributed by atoms with van der Waals surface area (Å²) in [4.78, 5) is 44.1. The number of hydrogen-bond acceptors (Lipinski definition) is 8. The highest BCUT2D eigenvalue weighted by Crippen LogP contribution is 2.39. The molecule has 0 bridgehead atoms. The molecule has 0 radical (unpaired) electrons. The summed E-state index contributed by atoms with van der Waals surface area (Å²) < 4.78 is 7.57. The number of nitrogen functional groups attached to an aromatic ring is 1. The summed E-state index contributed by atoms with van der Waals surface area (Å²) in [6, 6.07) is 7.04. The Bertz CT molecular complexity index is 1670. The van der Waals surface area contributed by atoms with Gasteiger partial charge in [0, 0.05) is 43.3 Å². The van der Waals surface area contributed by atoms with Crippen molar-refractivity contribution >= 4 is 29.0 Å². The van der Waals surface area contributed by atoms with Gasteiger partial charge in [0.2, 0.25) is 5.91 Å². The molecule has 1 aliphatic heterocycles. The molecule has 3 N–H and O–H groups in total. The Hall–Kier alpha value is -4.77. The Labute approximate surface area is 257 Å². The second-order valence-corrected chi connectivity index (χ2v) is 11.2. The molecular formula is C33H40N8O3. The van der Waals surface area contributed by atoms with Gasteiger partial charge >= 0.3 is 0 Å². The number of carbonyl (C=O) groups is 2. The van der Waals surface area contributed by atoms with Crippen LogP contribution in [0.2, 0.25) is 0 Å². The first-order chi connectivity index (χ1) is 21.3. The highest BCUT2D eigenvalue weighted by Gasteiger charge is 2.26. The molecule has 1 unspecified atom stereocenters. The number of anilines is 2. The van der Waals surface area contributed by atoms with Crippen LogP contribution in [-0.4, -0.2) is 75.3 Å². The fraction of sp³-hybridized carbons (Fsp3) is 0.364. The highest BCUT2D eigenvalue weighted by molar-refractivity contribution is 6.06. The van der Waals surface area contributed by atoms with Gasteiger partial charge in [-0.1, -0.05) is 19.4 Å². The highest BCUT2D eigenvalue weighted by atomic mass is 16.5. The lowest BCUT2D eigenvalue weighted by atomic mass is 9.93. The van der Waals surface area contributed by atoms with Crippen LogP contribution in [0.1, 0.15) is 60.1 Å². The van der Waals surface area contributed by atoms with Crippen molar-refractivity contribution in [2.45, 2.75) is 45.1 Å². The van der Waals surface area contributed by atoms with Crippen LogP contribution in [-0.2, 0) is 11.2 Å². The molecule has 2 amide bonds. The van der Waals surface area contributed by atoms with Crippen LogP contribution in [0.3, 0.4) is 0 Å². The maximum Gasteiger partial charge on any atom is 0.260 e. The molecule has 1 atom stereocenters. The summed E-state index contributed by atoms with van der Waals surface area (Å²) in [5, 5.41) is 2.94. The Kier molecular flexibility index (Phi) is 9.54. The van der Waals surface area contributed by atoms with E-state index >= 15 is 0 Å². The molecule has 230 valence electrons. The monoisotopic (exact) mass is 596 g/mol. The van der Waals surface area contributed by atoms with Gasteiger partial charge in [0.15, 0.2) is 0 Å². The van der Waals surface area contributed by atoms with Crippen molar-refractivity contribution in [3.63, 3.8) is 0 Å². The number of pyridine rings is 1. The number of aromatic nitrogens is 4. The van der Waals surface area contributed by atoms with Crippen molar-refractivity contribution in [2.24, 2.45) is 0 Å². The zero-order valence-electron chi connectivity index (χ0n) is 25.8. The number of hydrogen-bond donors (Lipinski definition) is 2. The lowest BCUT2D eigenvalue weighted by Crippen LogP contribution is -2.34. The number of likely N-dealkylation sites (N-methyl/N-ethyl adjacent to an activating group) is 1. The number of amides is 2. The van der Waals surface area contributed by atoms with Crippen LogP contribution in [0, 0.1) is 0 Å². The third-order valence-corrected chi connectivity index (χ3v) is 7.92. The first-order valence-electron chi connectivity index (χ1n) is 15.0. The lowest BCUT2D eigenvalue weighted by molar-refractivity contribution is -0.126. The van der Waals surface area contributed by atoms with Gasteiger partial charge in [0.25, 0.3) is 5.91 Å². The largest absolute Gasteiger partial charge is 0.496 e. The second kappa shape index (κ2) is 13.7. The molecule has 44 heavy (non-hydrogen) atoms. The molecule has 0 spiro atoms. The number of nitrogens with one attached hydrogen (secondary N) is 1. The Morgan fingerprint density at radius 2 is 1.91 bits per heavy atom. The van der Waals surface area contributed by atoms with Crippen molar-refractivity contribution in [2.75, 3.05) is 45.3 Å². The van der Waals surface area contributed by atoms with Gasteiger partial charge in [-0.15, -0.1) is 0 Å². The minimum absolute atomic E-state index is 0.0245. The van der Waals surface area contributed by atoms with Gasteiger partial charge in [0.1, 0.15) is 34.9 Å². The van der Waals surface area contributed by atoms with Crippen LogP contribution >= 0.6 is 0 Å². The SMILES string of the molecule is CCCc1ccnc(NC(=O)c2cc(C(/C=C/C(=O)N3CCCCC3)N(C)C)c(-c3ncn4ccnc(N)c34)cc2OC)c1. The summed E-state index contributed by atoms with van der Waals surface area (Å²) in [6.07, 6.45) is 15.3. The van der Waals surface area contributed by atoms with Crippen LogP contribution in [0.5, 0.6) is 5.75 Å². The standard InChI is InChI=1S/C33H40N8O3/c1-5-9-22-12-13-35-28(18-22)38-33(43)25-19-23(26(39(2)3)10-11-29(42)40-15-7-6-8-16-40)24(20-27(25)44-4)30-31-32(34)36-14-17-41(31)21-37-30/h10-14,17-21,26H,5-9,15-16H2,1-4H3,(H2,34,36)(H,35,38,43)/b11-10+. The van der Waals surface area contributed by atoms with E-state index in [1.165, 1.54) is 7.11 Å². The Balaban J connectivity index is 1.62. The van der Waals surface area contributed by atoms with Gasteiger partial charge < -0.3 is 25.1 Å². The Morgan fingerprint density at radius 1 is 1.11 bits per heavy atom. The third-order valence-electron chi connectivity index (χ3n) is 7.92. The smallest absolute Gasteiger partial charge is 0.260 e. The average Bonchev–Trinajstić information content (AvgIpc) is 3.47. The Morgan fingerprint density at radius 3 is 2.64 bits per heavy atom. The maximum atomic E-state index is 13.8. The topological polar surface area (TPSA) is 131 Å². The number of ether oxygens (including phenoxy) is 1. The van der Waals surface area contributed by atoms with E-state index in [0.29, 0.717) is 39.7 Å². The summed E-state index contributed by atoms with van der Waals surface area (Å²) in [5.74, 6) is 0.757. The van der Waals surface area contributed by atoms with Crippen molar-refractivity contribution in [3.05, 3.63) is 78.0 Å². The molecule has 11 nitrogen and oxygen atoms in total. The van der Waals surface area contributed by atoms with E-state index in [1.807, 2.05) is 46.5 Å². The van der Waals surface area contributed by atoms with Crippen molar-refractivity contribution in [1.82, 2.24) is 29.2 Å². The molecule has 11 heteroatoms. The molecule has 4 aromatic rings. The number of piperidine rings is 1. The van der Waals surface area contributed by atoms with Crippen molar-refractivity contribution in [3.8, 4) is 17.0 Å². The summed E-state index contributed by atoms with van der Waals surface area (Å²) >= 11 is 0. The summed E-state index contributed by atoms with van der Waals surface area (Å²) in [6.45, 7) is 3.62. The number of rotatable bonds is 10. The number of methoxy groups -OCH3 is 1. The fourth-order valence-corrected chi connectivity index (χ4v) is 5.68. The lowest BCUT2D eigenvalue weighted by Gasteiger charge is -2.27. The second-order valence-electron chi connectivity index (χ2n) is 11.2. The van der Waals surface area contributed by atoms with E-state index < -0.39 is 6.04 Å². The van der Waals surface area contributed by atoms with Crippen LogP contribution in [0.15, 0.2) is 61.3 Å². The predicted molar refractivity (Wildman–Crippen MR) is 172 cm³/mol. The van der Waals surface area contributed by atoms with Crippen LogP contribution < -0.4 is 15.8 Å². The quantitative estimate of drug-likeness (QED) is 0.251. The van der Waals surface area contributed by atoms with Gasteiger partial charge in [-0.25, -0.2) is 15.0 Å². The van der Waals surface area contributed by atoms with Crippen molar-refractivity contribution < 1.29 is 14.3 Å². The molecule has 5 rings (SSSR count). The normalized spacial score (nSPS) is 14.3. The van der Waals surface area contributed by atoms with E-state index in [4.69, 9.17) is 15.5 Å². The molecule has 1 aromatic carbocycles. The van der Waals surface area contributed by atoms with E-state index in [0.717, 1.165) is 56.3 Å². The molecule has 1 aliphatic rings. The predicted octanol–water partition coefficient (Wildman–Crippen LogP) is 4.76. The number of likely N-dealkylation sites (tertiary alicyclic amines) is 1. The zero-order valence-corrected chi connectivity index (χ0v) is 25.8. The average molecular weight is 597 g/mol. The minimum atomic E-state index is -0.392. The summed E-state index contributed by atoms with van der Waals surface area (Å²) in [7, 11) is 5.38. The number of benzene rings is 1. The molecule has 1 fully saturated rings. The van der Waals surface area contributed by atoms with Crippen molar-refractivity contribution in [1.29, 1.82) is 0 Å². The number of imidazole rings is 1. The minimum Gasteiger partial charge on any atom is -0.496 e. The summed E-state index contributed by atoms with van der Waals surface area (Å²) in [5.41, 5.74) is 10.4. The number of aryl methyl sites for hydroxylation is 1. The van der Waals surface area contributed by atoms with E-state index in [1.54, 1.807) is 43.1 Å². The molecule has 1 saturated heterocycles. The number of fused-ring (bicyclic) bond motifs is 1. The third kappa shape index (κ3) is 6.57. The maximum absolute atomic E-state index is 13.8. The van der Waals surface area contributed by atoms with E-state index in [9.17, 15) is 9.59 Å². The zero-order chi connectivity index (χ0) is 31.2. The van der Waals surface area contributed by atoms with Gasteiger partial charge in [-0.3, -0.25) is 14.5 Å². The molecule has 0 saturated carbocycles. The van der Waals surface area contributed by atoms with Gasteiger partial charge in [0.05, 0.1) is 18.7 Å². The van der Waals surface area contributed by atoms with E-state index in [-0.39, 0.29) is 11.8 Å². The number of carbonyl (C=O) groups excluding carboxylic acids is 2. The molecule has 4 heterocycles. The van der Waals surface area contributed by atoms with E-state index in [2.05, 4.69) is 22.2 Å². The van der Waals surface area contributed by atoms with Crippen LogP contribution in [0.25, 0.3) is 16.8 Å². The molecule has 0 aliphatic carbocycles. The molecular weight excluding hydrogens is 556 g/mol. The first-order valence-corrected chi connectivity index (χ1v) is 15.0. The first kappa shape index (κ1) is 30.7. The van der Waals surface area contributed by atoms with Gasteiger partial charge in [-0.05, 0) is 75.2 Å².